The highest BCUT2D eigenvalue weighted by Gasteiger charge is 2.35. The van der Waals surface area contributed by atoms with Crippen LogP contribution in [0.15, 0.2) is 42.9 Å². The van der Waals surface area contributed by atoms with E-state index in [1.807, 2.05) is 0 Å². The summed E-state index contributed by atoms with van der Waals surface area (Å²) in [7, 11) is 0. The van der Waals surface area contributed by atoms with E-state index in [2.05, 4.69) is 36.0 Å². The summed E-state index contributed by atoms with van der Waals surface area (Å²) in [6, 6.07) is 6.73. The van der Waals surface area contributed by atoms with Crippen LogP contribution in [-0.4, -0.2) is 43.9 Å². The fourth-order valence-electron chi connectivity index (χ4n) is 3.06. The highest BCUT2D eigenvalue weighted by molar-refractivity contribution is 5.59. The molecule has 0 saturated carbocycles. The largest absolute Gasteiger partial charge is 0.421 e. The van der Waals surface area contributed by atoms with Crippen LogP contribution in [-0.2, 0) is 6.18 Å². The Hall–Kier alpha value is -3.21. The van der Waals surface area contributed by atoms with Crippen LogP contribution in [0.5, 0.6) is 0 Å². The average Bonchev–Trinajstić information content (AvgIpc) is 3.23. The number of hydrogen-bond acceptors (Lipinski definition) is 7. The van der Waals surface area contributed by atoms with E-state index < -0.39 is 11.7 Å². The van der Waals surface area contributed by atoms with Gasteiger partial charge in [-0.25, -0.2) is 14.6 Å². The Labute approximate surface area is 164 Å². The van der Waals surface area contributed by atoms with Crippen molar-refractivity contribution >= 4 is 17.6 Å². The van der Waals surface area contributed by atoms with Crippen LogP contribution in [0.2, 0.25) is 0 Å². The molecule has 3 N–H and O–H groups in total. The monoisotopic (exact) mass is 404 g/mol. The molecule has 8 nitrogen and oxygen atoms in total. The van der Waals surface area contributed by atoms with Gasteiger partial charge < -0.3 is 16.0 Å². The normalized spacial score (nSPS) is 17.1. The molecule has 1 aliphatic heterocycles. The lowest BCUT2D eigenvalue weighted by atomic mass is 10.1. The molecular weight excluding hydrogens is 385 g/mol. The second-order valence-electron chi connectivity index (χ2n) is 6.60. The third-order valence-electron chi connectivity index (χ3n) is 4.44. The fourth-order valence-corrected chi connectivity index (χ4v) is 3.06. The number of hydrogen-bond donors (Lipinski definition) is 3. The number of halogens is 3. The van der Waals surface area contributed by atoms with Crippen LogP contribution < -0.4 is 16.0 Å². The summed E-state index contributed by atoms with van der Waals surface area (Å²) in [5.74, 6) is 0.461. The van der Waals surface area contributed by atoms with Crippen molar-refractivity contribution in [2.75, 3.05) is 23.7 Å². The van der Waals surface area contributed by atoms with Gasteiger partial charge in [-0.3, -0.25) is 0 Å². The van der Waals surface area contributed by atoms with E-state index in [1.165, 1.54) is 4.68 Å². The van der Waals surface area contributed by atoms with Gasteiger partial charge >= 0.3 is 6.18 Å². The minimum Gasteiger partial charge on any atom is -0.350 e. The van der Waals surface area contributed by atoms with Crippen molar-refractivity contribution in [3.63, 3.8) is 0 Å². The Bertz CT molecular complexity index is 952. The van der Waals surface area contributed by atoms with E-state index in [4.69, 9.17) is 0 Å². The summed E-state index contributed by atoms with van der Waals surface area (Å²) < 4.78 is 41.9. The van der Waals surface area contributed by atoms with Crippen LogP contribution in [0.25, 0.3) is 5.82 Å². The number of alkyl halides is 3. The molecule has 0 amide bonds. The standard InChI is InChI=1S/C18H19F3N8/c19-18(20,21)13-11-23-17(25-12-4-2-7-22-10-12)28-16(13)27-14-5-1-6-15(26-14)29-9-3-8-24-29/h1,3,5-6,8-9,11-12,22H,2,4,7,10H2,(H2,23,25,26,27,28)/t12-/m0/s1. The molecule has 1 fully saturated rings. The number of anilines is 3. The molecule has 4 heterocycles. The third-order valence-corrected chi connectivity index (χ3v) is 4.44. The number of piperidine rings is 1. The average molecular weight is 404 g/mol. The predicted molar refractivity (Wildman–Crippen MR) is 101 cm³/mol. The molecule has 0 spiro atoms. The molecule has 3 aromatic heterocycles. The van der Waals surface area contributed by atoms with Crippen molar-refractivity contribution in [2.24, 2.45) is 0 Å². The lowest BCUT2D eigenvalue weighted by Crippen LogP contribution is -2.38. The maximum Gasteiger partial charge on any atom is 0.421 e. The molecule has 0 bridgehead atoms. The molecule has 4 rings (SSSR count). The lowest BCUT2D eigenvalue weighted by Gasteiger charge is -2.24. The zero-order valence-corrected chi connectivity index (χ0v) is 15.3. The first-order chi connectivity index (χ1) is 14.0. The van der Waals surface area contributed by atoms with Gasteiger partial charge in [0.1, 0.15) is 17.2 Å². The van der Waals surface area contributed by atoms with Gasteiger partial charge in [0.2, 0.25) is 5.95 Å². The molecule has 1 aliphatic rings. The van der Waals surface area contributed by atoms with E-state index in [0.29, 0.717) is 12.4 Å². The smallest absolute Gasteiger partial charge is 0.350 e. The summed E-state index contributed by atoms with van der Waals surface area (Å²) >= 11 is 0. The van der Waals surface area contributed by atoms with E-state index >= 15 is 0 Å². The van der Waals surface area contributed by atoms with Crippen molar-refractivity contribution in [1.82, 2.24) is 30.0 Å². The summed E-state index contributed by atoms with van der Waals surface area (Å²) in [6.07, 6.45) is 1.34. The molecule has 11 heteroatoms. The highest BCUT2D eigenvalue weighted by atomic mass is 19.4. The van der Waals surface area contributed by atoms with Crippen LogP contribution in [0.3, 0.4) is 0 Å². The number of nitrogens with one attached hydrogen (secondary N) is 3. The van der Waals surface area contributed by atoms with Gasteiger partial charge in [-0.15, -0.1) is 0 Å². The van der Waals surface area contributed by atoms with Crippen molar-refractivity contribution in [3.05, 3.63) is 48.4 Å². The lowest BCUT2D eigenvalue weighted by molar-refractivity contribution is -0.137. The van der Waals surface area contributed by atoms with Crippen LogP contribution in [0, 0.1) is 0 Å². The summed E-state index contributed by atoms with van der Waals surface area (Å²) in [4.78, 5) is 12.2. The van der Waals surface area contributed by atoms with Gasteiger partial charge in [0.05, 0.1) is 0 Å². The van der Waals surface area contributed by atoms with Crippen molar-refractivity contribution in [1.29, 1.82) is 0 Å². The van der Waals surface area contributed by atoms with E-state index in [0.717, 1.165) is 25.6 Å². The molecule has 3 aromatic rings. The molecule has 0 aliphatic carbocycles. The Morgan fingerprint density at radius 1 is 1.17 bits per heavy atom. The minimum absolute atomic E-state index is 0.0644. The molecular formula is C18H19F3N8. The summed E-state index contributed by atoms with van der Waals surface area (Å²) in [5.41, 5.74) is -0.962. The van der Waals surface area contributed by atoms with Crippen LogP contribution >= 0.6 is 0 Å². The predicted octanol–water partition coefficient (Wildman–Crippen LogP) is 2.98. The Morgan fingerprint density at radius 2 is 2.07 bits per heavy atom. The highest BCUT2D eigenvalue weighted by Crippen LogP contribution is 2.35. The molecule has 152 valence electrons. The number of rotatable bonds is 5. The van der Waals surface area contributed by atoms with E-state index in [1.54, 1.807) is 36.7 Å². The Kier molecular flexibility index (Phi) is 5.30. The van der Waals surface area contributed by atoms with E-state index in [9.17, 15) is 13.2 Å². The first-order valence-corrected chi connectivity index (χ1v) is 9.14. The first kappa shape index (κ1) is 19.1. The third kappa shape index (κ3) is 4.62. The zero-order chi connectivity index (χ0) is 20.3. The van der Waals surface area contributed by atoms with Gasteiger partial charge in [-0.2, -0.15) is 23.3 Å². The number of pyridine rings is 1. The number of nitrogens with zero attached hydrogens (tertiary/aromatic N) is 5. The van der Waals surface area contributed by atoms with Crippen LogP contribution in [0.1, 0.15) is 18.4 Å². The molecule has 1 saturated heterocycles. The van der Waals surface area contributed by atoms with Gasteiger partial charge in [0.15, 0.2) is 5.82 Å². The van der Waals surface area contributed by atoms with E-state index in [-0.39, 0.29) is 23.6 Å². The second kappa shape index (κ2) is 8.03. The second-order valence-corrected chi connectivity index (χ2v) is 6.60. The molecule has 0 aromatic carbocycles. The summed E-state index contributed by atoms with van der Waals surface area (Å²) in [6.45, 7) is 1.64. The molecule has 1 atom stereocenters. The Morgan fingerprint density at radius 3 is 2.79 bits per heavy atom. The first-order valence-electron chi connectivity index (χ1n) is 9.14. The topological polar surface area (TPSA) is 92.6 Å². The molecule has 0 radical (unpaired) electrons. The number of aromatic nitrogens is 5. The SMILES string of the molecule is FC(F)(F)c1cnc(N[C@H]2CCCNC2)nc1Nc1cccc(-n2cccn2)n1. The van der Waals surface area contributed by atoms with Crippen molar-refractivity contribution in [3.8, 4) is 5.82 Å². The van der Waals surface area contributed by atoms with Gasteiger partial charge in [0, 0.05) is 31.2 Å². The van der Waals surface area contributed by atoms with Gasteiger partial charge in [-0.1, -0.05) is 6.07 Å². The maximum atomic E-state index is 13.5. The van der Waals surface area contributed by atoms with Gasteiger partial charge in [-0.05, 0) is 37.6 Å². The van der Waals surface area contributed by atoms with Crippen LogP contribution in [0.4, 0.5) is 30.8 Å². The quantitative estimate of drug-likeness (QED) is 0.602. The minimum atomic E-state index is -4.60. The Balaban J connectivity index is 1.62. The van der Waals surface area contributed by atoms with Gasteiger partial charge in [0.25, 0.3) is 0 Å². The fraction of sp³-hybridized carbons (Fsp3) is 0.333. The van der Waals surface area contributed by atoms with Crippen molar-refractivity contribution < 1.29 is 13.2 Å². The molecule has 29 heavy (non-hydrogen) atoms. The maximum absolute atomic E-state index is 13.5. The zero-order valence-electron chi connectivity index (χ0n) is 15.3. The molecule has 0 unspecified atom stereocenters. The van der Waals surface area contributed by atoms with Crippen molar-refractivity contribution in [2.45, 2.75) is 25.1 Å². The summed E-state index contributed by atoms with van der Waals surface area (Å²) in [5, 5.41) is 13.1.